The van der Waals surface area contributed by atoms with Gasteiger partial charge in [0.05, 0.1) is 4.34 Å². The molecule has 0 aliphatic heterocycles. The molecule has 0 aliphatic rings. The topological polar surface area (TPSA) is 12.0 Å². The van der Waals surface area contributed by atoms with E-state index in [2.05, 4.69) is 37.4 Å². The van der Waals surface area contributed by atoms with Gasteiger partial charge in [-0.25, -0.2) is 0 Å². The Kier molecular flexibility index (Phi) is 4.62. The molecule has 0 saturated carbocycles. The van der Waals surface area contributed by atoms with E-state index >= 15 is 0 Å². The van der Waals surface area contributed by atoms with Crippen molar-refractivity contribution in [3.63, 3.8) is 0 Å². The largest absolute Gasteiger partial charge is 0.305 e. The van der Waals surface area contributed by atoms with E-state index < -0.39 is 0 Å². The highest BCUT2D eigenvalue weighted by Crippen LogP contribution is 2.25. The Hall–Kier alpha value is -0.350. The second-order valence-electron chi connectivity index (χ2n) is 3.97. The Labute approximate surface area is 115 Å². The number of aryl methyl sites for hydroxylation is 1. The van der Waals surface area contributed by atoms with Gasteiger partial charge >= 0.3 is 0 Å². The SMILES string of the molecule is CCc1ccc(C(C)NCc2ccc(Cl)s2)s1. The second-order valence-corrected chi connectivity index (χ2v) is 6.97. The summed E-state index contributed by atoms with van der Waals surface area (Å²) in [6, 6.07) is 8.89. The molecule has 0 aliphatic carbocycles. The van der Waals surface area contributed by atoms with E-state index in [0.29, 0.717) is 6.04 Å². The third-order valence-corrected chi connectivity index (χ3v) is 5.31. The highest BCUT2D eigenvalue weighted by molar-refractivity contribution is 7.16. The Balaban J connectivity index is 1.90. The lowest BCUT2D eigenvalue weighted by Gasteiger charge is -2.10. The Morgan fingerprint density at radius 3 is 2.53 bits per heavy atom. The number of rotatable bonds is 5. The van der Waals surface area contributed by atoms with Gasteiger partial charge in [-0.1, -0.05) is 18.5 Å². The van der Waals surface area contributed by atoms with Gasteiger partial charge in [0.2, 0.25) is 0 Å². The molecule has 2 aromatic heterocycles. The minimum atomic E-state index is 0.404. The second kappa shape index (κ2) is 6.01. The van der Waals surface area contributed by atoms with Crippen molar-refractivity contribution < 1.29 is 0 Å². The number of hydrogen-bond donors (Lipinski definition) is 1. The first-order valence-electron chi connectivity index (χ1n) is 5.75. The molecule has 0 radical (unpaired) electrons. The molecule has 2 aromatic rings. The van der Waals surface area contributed by atoms with Gasteiger partial charge in [0.15, 0.2) is 0 Å². The predicted molar refractivity (Wildman–Crippen MR) is 78.3 cm³/mol. The van der Waals surface area contributed by atoms with Crippen LogP contribution in [0.25, 0.3) is 0 Å². The van der Waals surface area contributed by atoms with Crippen molar-refractivity contribution in [1.82, 2.24) is 5.32 Å². The molecule has 1 unspecified atom stereocenters. The first kappa shape index (κ1) is 13.1. The number of nitrogens with one attached hydrogen (secondary N) is 1. The lowest BCUT2D eigenvalue weighted by molar-refractivity contribution is 0.587. The van der Waals surface area contributed by atoms with Crippen molar-refractivity contribution in [1.29, 1.82) is 0 Å². The summed E-state index contributed by atoms with van der Waals surface area (Å²) < 4.78 is 0.860. The molecule has 1 N–H and O–H groups in total. The molecule has 0 spiro atoms. The van der Waals surface area contributed by atoms with Crippen LogP contribution in [0.3, 0.4) is 0 Å². The van der Waals surface area contributed by atoms with E-state index in [1.54, 1.807) is 11.3 Å². The quantitative estimate of drug-likeness (QED) is 0.826. The third-order valence-electron chi connectivity index (χ3n) is 2.67. The van der Waals surface area contributed by atoms with Gasteiger partial charge in [0.25, 0.3) is 0 Å². The lowest BCUT2D eigenvalue weighted by Crippen LogP contribution is -2.16. The summed E-state index contributed by atoms with van der Waals surface area (Å²) in [5.41, 5.74) is 0. The van der Waals surface area contributed by atoms with Gasteiger partial charge in [-0.05, 0) is 37.6 Å². The molecule has 1 nitrogen and oxygen atoms in total. The zero-order valence-corrected chi connectivity index (χ0v) is 12.4. The fourth-order valence-electron chi connectivity index (χ4n) is 1.62. The number of halogens is 1. The number of hydrogen-bond acceptors (Lipinski definition) is 3. The van der Waals surface area contributed by atoms with Gasteiger partial charge < -0.3 is 5.32 Å². The van der Waals surface area contributed by atoms with E-state index in [0.717, 1.165) is 17.3 Å². The molecule has 0 aromatic carbocycles. The molecule has 4 heteroatoms. The Morgan fingerprint density at radius 1 is 1.18 bits per heavy atom. The summed E-state index contributed by atoms with van der Waals surface area (Å²) in [5.74, 6) is 0. The van der Waals surface area contributed by atoms with Gasteiger partial charge in [0, 0.05) is 27.2 Å². The normalized spacial score (nSPS) is 12.9. The fourth-order valence-corrected chi connectivity index (χ4v) is 3.64. The lowest BCUT2D eigenvalue weighted by atomic mass is 10.2. The highest BCUT2D eigenvalue weighted by Gasteiger charge is 2.08. The van der Waals surface area contributed by atoms with Gasteiger partial charge in [-0.3, -0.25) is 0 Å². The van der Waals surface area contributed by atoms with Gasteiger partial charge in [0.1, 0.15) is 0 Å². The first-order valence-corrected chi connectivity index (χ1v) is 7.76. The molecule has 0 fully saturated rings. The monoisotopic (exact) mass is 285 g/mol. The van der Waals surface area contributed by atoms with Crippen LogP contribution in [0.2, 0.25) is 4.34 Å². The van der Waals surface area contributed by atoms with Crippen LogP contribution in [0.1, 0.15) is 34.5 Å². The summed E-state index contributed by atoms with van der Waals surface area (Å²) in [4.78, 5) is 4.14. The van der Waals surface area contributed by atoms with Crippen molar-refractivity contribution in [2.75, 3.05) is 0 Å². The number of thiophene rings is 2. The highest BCUT2D eigenvalue weighted by atomic mass is 35.5. The minimum Gasteiger partial charge on any atom is -0.305 e. The first-order chi connectivity index (χ1) is 8.19. The van der Waals surface area contributed by atoms with E-state index in [4.69, 9.17) is 11.6 Å². The smallest absolute Gasteiger partial charge is 0.0931 e. The van der Waals surface area contributed by atoms with Crippen LogP contribution in [0.5, 0.6) is 0 Å². The molecule has 2 heterocycles. The van der Waals surface area contributed by atoms with Crippen molar-refractivity contribution in [2.24, 2.45) is 0 Å². The fraction of sp³-hybridized carbons (Fsp3) is 0.385. The molecule has 17 heavy (non-hydrogen) atoms. The summed E-state index contributed by atoms with van der Waals surface area (Å²) in [6.07, 6.45) is 1.12. The molecule has 0 saturated heterocycles. The van der Waals surface area contributed by atoms with Crippen LogP contribution < -0.4 is 5.32 Å². The van der Waals surface area contributed by atoms with Crippen LogP contribution in [0.4, 0.5) is 0 Å². The maximum Gasteiger partial charge on any atom is 0.0931 e. The van der Waals surface area contributed by atoms with Crippen LogP contribution in [-0.2, 0) is 13.0 Å². The molecule has 2 rings (SSSR count). The Morgan fingerprint density at radius 2 is 1.94 bits per heavy atom. The molecule has 1 atom stereocenters. The van der Waals surface area contributed by atoms with Crippen molar-refractivity contribution >= 4 is 34.3 Å². The van der Waals surface area contributed by atoms with Gasteiger partial charge in [-0.2, -0.15) is 0 Å². The molecular formula is C13H16ClNS2. The van der Waals surface area contributed by atoms with Crippen LogP contribution >= 0.6 is 34.3 Å². The minimum absolute atomic E-state index is 0.404. The predicted octanol–water partition coefficient (Wildman–Crippen LogP) is 4.88. The zero-order valence-electron chi connectivity index (χ0n) is 10.00. The Bertz CT molecular complexity index is 475. The van der Waals surface area contributed by atoms with Crippen molar-refractivity contribution in [2.45, 2.75) is 32.9 Å². The van der Waals surface area contributed by atoms with E-state index in [9.17, 15) is 0 Å². The summed E-state index contributed by atoms with van der Waals surface area (Å²) in [5, 5.41) is 3.53. The van der Waals surface area contributed by atoms with E-state index in [1.807, 2.05) is 17.4 Å². The molecular weight excluding hydrogens is 270 g/mol. The standard InChI is InChI=1S/C13H16ClNS2/c1-3-10-4-6-12(16-10)9(2)15-8-11-5-7-13(14)17-11/h4-7,9,15H,3,8H2,1-2H3. The van der Waals surface area contributed by atoms with Crippen LogP contribution in [0, 0.1) is 0 Å². The van der Waals surface area contributed by atoms with E-state index in [1.165, 1.54) is 14.6 Å². The summed E-state index contributed by atoms with van der Waals surface area (Å²) in [6.45, 7) is 5.29. The molecule has 0 bridgehead atoms. The third kappa shape index (κ3) is 3.55. The molecule has 92 valence electrons. The average molecular weight is 286 g/mol. The maximum atomic E-state index is 5.91. The van der Waals surface area contributed by atoms with Crippen molar-refractivity contribution in [3.05, 3.63) is 43.2 Å². The molecule has 0 amide bonds. The van der Waals surface area contributed by atoms with Crippen molar-refractivity contribution in [3.8, 4) is 0 Å². The summed E-state index contributed by atoms with van der Waals surface area (Å²) in [7, 11) is 0. The van der Waals surface area contributed by atoms with Gasteiger partial charge in [-0.15, -0.1) is 22.7 Å². The summed E-state index contributed by atoms with van der Waals surface area (Å²) >= 11 is 9.44. The zero-order chi connectivity index (χ0) is 12.3. The van der Waals surface area contributed by atoms with E-state index in [-0.39, 0.29) is 0 Å². The maximum absolute atomic E-state index is 5.91. The van der Waals surface area contributed by atoms with Crippen LogP contribution in [0.15, 0.2) is 24.3 Å². The average Bonchev–Trinajstić information content (AvgIpc) is 2.94. The van der Waals surface area contributed by atoms with Crippen LogP contribution in [-0.4, -0.2) is 0 Å².